The Bertz CT molecular complexity index is 729. The van der Waals surface area contributed by atoms with E-state index in [1.165, 1.54) is 23.5 Å². The van der Waals surface area contributed by atoms with Crippen LogP contribution in [0.2, 0.25) is 4.34 Å². The van der Waals surface area contributed by atoms with Gasteiger partial charge in [0.05, 0.1) is 10.9 Å². The zero-order valence-corrected chi connectivity index (χ0v) is 15.2. The third-order valence-electron chi connectivity index (χ3n) is 4.14. The topological polar surface area (TPSA) is 65.1 Å². The standard InChI is InChI=1S/C17H20ClFN4OS/c18-16-6-5-15(25-16)14(24)11-21-17(20)23-9-7-22(8-10-23)13-3-1-12(19)2-4-13/h1-6,14,24H,7-11H2,(H2,20,21). The molecule has 134 valence electrons. The number of guanidine groups is 1. The summed E-state index contributed by atoms with van der Waals surface area (Å²) in [6, 6.07) is 10.1. The highest BCUT2D eigenvalue weighted by Gasteiger charge is 2.19. The molecule has 1 fully saturated rings. The number of hydrogen-bond donors (Lipinski definition) is 2. The van der Waals surface area contributed by atoms with Gasteiger partial charge >= 0.3 is 0 Å². The number of aliphatic hydroxyl groups excluding tert-OH is 1. The Balaban J connectivity index is 1.52. The monoisotopic (exact) mass is 382 g/mol. The highest BCUT2D eigenvalue weighted by Crippen LogP contribution is 2.27. The lowest BCUT2D eigenvalue weighted by Crippen LogP contribution is -2.51. The second-order valence-electron chi connectivity index (χ2n) is 5.81. The number of thiophene rings is 1. The van der Waals surface area contributed by atoms with E-state index in [4.69, 9.17) is 17.3 Å². The molecule has 8 heteroatoms. The van der Waals surface area contributed by atoms with Gasteiger partial charge in [0.15, 0.2) is 5.96 Å². The third-order valence-corrected chi connectivity index (χ3v) is 5.48. The van der Waals surface area contributed by atoms with E-state index in [-0.39, 0.29) is 12.4 Å². The Kier molecular flexibility index (Phi) is 5.78. The minimum atomic E-state index is -0.698. The maximum atomic E-state index is 13.0. The first-order valence-corrected chi connectivity index (χ1v) is 9.21. The SMILES string of the molecule is NC(=NCC(O)c1ccc(Cl)s1)N1CCN(c2ccc(F)cc2)CC1. The Hall–Kier alpha value is -1.83. The molecular weight excluding hydrogens is 363 g/mol. The molecule has 1 saturated heterocycles. The summed E-state index contributed by atoms with van der Waals surface area (Å²) >= 11 is 7.22. The van der Waals surface area contributed by atoms with Crippen LogP contribution >= 0.6 is 22.9 Å². The van der Waals surface area contributed by atoms with E-state index in [9.17, 15) is 9.50 Å². The van der Waals surface area contributed by atoms with Crippen LogP contribution in [0.15, 0.2) is 41.4 Å². The maximum Gasteiger partial charge on any atom is 0.191 e. The van der Waals surface area contributed by atoms with Crippen molar-refractivity contribution in [3.05, 3.63) is 51.4 Å². The number of halogens is 2. The first kappa shape index (κ1) is 18.0. The fraction of sp³-hybridized carbons (Fsp3) is 0.353. The smallest absolute Gasteiger partial charge is 0.191 e. The van der Waals surface area contributed by atoms with Crippen LogP contribution in [0.4, 0.5) is 10.1 Å². The zero-order valence-electron chi connectivity index (χ0n) is 13.6. The van der Waals surface area contributed by atoms with E-state index >= 15 is 0 Å². The molecule has 1 atom stereocenters. The molecule has 0 bridgehead atoms. The lowest BCUT2D eigenvalue weighted by molar-refractivity contribution is 0.190. The Morgan fingerprint density at radius 1 is 1.20 bits per heavy atom. The van der Waals surface area contributed by atoms with E-state index in [1.807, 2.05) is 4.90 Å². The van der Waals surface area contributed by atoms with Gasteiger partial charge in [-0.3, -0.25) is 4.99 Å². The predicted molar refractivity (Wildman–Crippen MR) is 101 cm³/mol. The van der Waals surface area contributed by atoms with Gasteiger partial charge in [-0.05, 0) is 36.4 Å². The number of nitrogens with two attached hydrogens (primary N) is 1. The second-order valence-corrected chi connectivity index (χ2v) is 7.55. The van der Waals surface area contributed by atoms with Crippen LogP contribution < -0.4 is 10.6 Å². The summed E-state index contributed by atoms with van der Waals surface area (Å²) in [6.07, 6.45) is -0.698. The Labute approximate surface area is 155 Å². The molecule has 1 aromatic carbocycles. The first-order chi connectivity index (χ1) is 12.0. The van der Waals surface area contributed by atoms with Crippen LogP contribution in [0.5, 0.6) is 0 Å². The van der Waals surface area contributed by atoms with E-state index in [0.29, 0.717) is 10.3 Å². The Morgan fingerprint density at radius 2 is 1.88 bits per heavy atom. The lowest BCUT2D eigenvalue weighted by Gasteiger charge is -2.36. The molecule has 2 heterocycles. The molecule has 5 nitrogen and oxygen atoms in total. The van der Waals surface area contributed by atoms with Gasteiger partial charge in [-0.15, -0.1) is 11.3 Å². The molecule has 0 amide bonds. The number of aliphatic imine (C=N–C) groups is 1. The van der Waals surface area contributed by atoms with Gasteiger partial charge in [0.2, 0.25) is 0 Å². The van der Waals surface area contributed by atoms with Crippen molar-refractivity contribution in [2.45, 2.75) is 6.10 Å². The minimum Gasteiger partial charge on any atom is -0.386 e. The van der Waals surface area contributed by atoms with Crippen molar-refractivity contribution in [1.29, 1.82) is 0 Å². The van der Waals surface area contributed by atoms with Crippen LogP contribution in [-0.2, 0) is 0 Å². The molecule has 0 saturated carbocycles. The normalized spacial score (nSPS) is 17.0. The summed E-state index contributed by atoms with van der Waals surface area (Å²) in [5.41, 5.74) is 7.06. The molecule has 25 heavy (non-hydrogen) atoms. The number of aliphatic hydroxyl groups is 1. The summed E-state index contributed by atoms with van der Waals surface area (Å²) in [7, 11) is 0. The van der Waals surface area contributed by atoms with Gasteiger partial charge in [-0.2, -0.15) is 0 Å². The van der Waals surface area contributed by atoms with E-state index in [2.05, 4.69) is 9.89 Å². The summed E-state index contributed by atoms with van der Waals surface area (Å²) in [5, 5.41) is 10.1. The molecule has 1 aliphatic rings. The predicted octanol–water partition coefficient (Wildman–Crippen LogP) is 2.71. The number of rotatable bonds is 4. The van der Waals surface area contributed by atoms with Crippen LogP contribution in [0.25, 0.3) is 0 Å². The van der Waals surface area contributed by atoms with Crippen molar-refractivity contribution in [2.75, 3.05) is 37.6 Å². The van der Waals surface area contributed by atoms with Gasteiger partial charge in [-0.1, -0.05) is 11.6 Å². The van der Waals surface area contributed by atoms with Gasteiger partial charge in [0.1, 0.15) is 11.9 Å². The summed E-state index contributed by atoms with van der Waals surface area (Å²) < 4.78 is 13.7. The number of piperazine rings is 1. The molecule has 3 N–H and O–H groups in total. The first-order valence-electron chi connectivity index (χ1n) is 8.01. The quantitative estimate of drug-likeness (QED) is 0.630. The third kappa shape index (κ3) is 4.62. The molecule has 0 spiro atoms. The summed E-state index contributed by atoms with van der Waals surface area (Å²) in [6.45, 7) is 3.23. The zero-order chi connectivity index (χ0) is 17.8. The van der Waals surface area contributed by atoms with Crippen molar-refractivity contribution in [3.8, 4) is 0 Å². The van der Waals surface area contributed by atoms with Gasteiger partial charge < -0.3 is 20.6 Å². The van der Waals surface area contributed by atoms with Crippen LogP contribution in [0, 0.1) is 5.82 Å². The molecule has 1 unspecified atom stereocenters. The highest BCUT2D eigenvalue weighted by atomic mass is 35.5. The van der Waals surface area contributed by atoms with Crippen LogP contribution in [0.3, 0.4) is 0 Å². The molecule has 2 aromatic rings. The number of hydrogen-bond acceptors (Lipinski definition) is 4. The van der Waals surface area contributed by atoms with Crippen molar-refractivity contribution in [1.82, 2.24) is 4.90 Å². The molecule has 1 aromatic heterocycles. The van der Waals surface area contributed by atoms with E-state index in [1.54, 1.807) is 24.3 Å². The van der Waals surface area contributed by atoms with E-state index < -0.39 is 6.10 Å². The Morgan fingerprint density at radius 3 is 2.48 bits per heavy atom. The summed E-state index contributed by atoms with van der Waals surface area (Å²) in [4.78, 5) is 9.27. The van der Waals surface area contributed by atoms with Crippen molar-refractivity contribution >= 4 is 34.6 Å². The molecule has 0 radical (unpaired) electrons. The molecule has 0 aliphatic carbocycles. The maximum absolute atomic E-state index is 13.0. The molecular formula is C17H20ClFN4OS. The number of anilines is 1. The lowest BCUT2D eigenvalue weighted by atomic mass is 10.2. The fourth-order valence-electron chi connectivity index (χ4n) is 2.72. The van der Waals surface area contributed by atoms with Gasteiger partial charge in [0.25, 0.3) is 0 Å². The van der Waals surface area contributed by atoms with Crippen molar-refractivity contribution < 1.29 is 9.50 Å². The number of benzene rings is 1. The van der Waals surface area contributed by atoms with Gasteiger partial charge in [-0.25, -0.2) is 4.39 Å². The fourth-order valence-corrected chi connectivity index (χ4v) is 3.76. The van der Waals surface area contributed by atoms with Crippen molar-refractivity contribution in [2.24, 2.45) is 10.7 Å². The highest BCUT2D eigenvalue weighted by molar-refractivity contribution is 7.16. The minimum absolute atomic E-state index is 0.209. The van der Waals surface area contributed by atoms with Crippen LogP contribution in [0.1, 0.15) is 11.0 Å². The average molecular weight is 383 g/mol. The number of nitrogens with zero attached hydrogens (tertiary/aromatic N) is 3. The van der Waals surface area contributed by atoms with Gasteiger partial charge in [0, 0.05) is 36.7 Å². The van der Waals surface area contributed by atoms with Crippen molar-refractivity contribution in [3.63, 3.8) is 0 Å². The molecule has 1 aliphatic heterocycles. The van der Waals surface area contributed by atoms with E-state index in [0.717, 1.165) is 36.7 Å². The molecule has 3 rings (SSSR count). The summed E-state index contributed by atoms with van der Waals surface area (Å²) in [5.74, 6) is 0.199. The van der Waals surface area contributed by atoms with Crippen LogP contribution in [-0.4, -0.2) is 48.7 Å². The largest absolute Gasteiger partial charge is 0.386 e. The average Bonchev–Trinajstić information content (AvgIpc) is 3.07. The second kappa shape index (κ2) is 8.03.